The minimum atomic E-state index is -1.36. The summed E-state index contributed by atoms with van der Waals surface area (Å²) in [6.45, 7) is 0.926. The second kappa shape index (κ2) is 16.9. The number of nitrogens with zero attached hydrogens (tertiary/aromatic N) is 1. The highest BCUT2D eigenvalue weighted by Crippen LogP contribution is 2.22. The third-order valence-electron chi connectivity index (χ3n) is 9.21. The van der Waals surface area contributed by atoms with Crippen LogP contribution in [0.1, 0.15) is 42.4 Å². The van der Waals surface area contributed by atoms with E-state index in [1.165, 1.54) is 41.3 Å². The fourth-order valence-electron chi connectivity index (χ4n) is 6.44. The number of carboxylic acids is 1. The Hall–Kier alpha value is -5.63. The maximum absolute atomic E-state index is 14.1. The predicted molar refractivity (Wildman–Crippen MR) is 185 cm³/mol. The largest absolute Gasteiger partial charge is 0.508 e. The van der Waals surface area contributed by atoms with Gasteiger partial charge in [-0.3, -0.25) is 19.2 Å². The van der Waals surface area contributed by atoms with E-state index in [-0.39, 0.29) is 49.0 Å². The van der Waals surface area contributed by atoms with Crippen LogP contribution in [-0.4, -0.2) is 98.2 Å². The Kier molecular flexibility index (Phi) is 12.1. The van der Waals surface area contributed by atoms with Crippen molar-refractivity contribution in [3.63, 3.8) is 0 Å². The molecule has 0 radical (unpaired) electrons. The van der Waals surface area contributed by atoms with Gasteiger partial charge in [-0.1, -0.05) is 36.4 Å². The van der Waals surface area contributed by atoms with Crippen LogP contribution in [0.3, 0.4) is 0 Å². The average Bonchev–Trinajstić information content (AvgIpc) is 3.83. The number of carbonyl (C=O) groups excluding carboxylic acids is 4. The number of nitrogens with one attached hydrogen (secondary N) is 4. The third-order valence-corrected chi connectivity index (χ3v) is 9.21. The van der Waals surface area contributed by atoms with Gasteiger partial charge in [0.15, 0.2) is 0 Å². The molecule has 270 valence electrons. The van der Waals surface area contributed by atoms with Crippen molar-refractivity contribution in [2.75, 3.05) is 13.1 Å². The molecular formula is C37H43N5O9. The molecule has 8 N–H and O–H groups in total. The van der Waals surface area contributed by atoms with Crippen LogP contribution < -0.4 is 21.3 Å². The molecule has 0 unspecified atom stereocenters. The number of amides is 4. The standard InChI is InChI=1S/C37H43N5O9/c43-25-11-5-22(6-12-25)19-29(34(47)41-31(37(50)51)21-24-9-15-27(45)16-10-24)39-35(48)32-4-2-18-42(32)36(49)30(20-23-7-13-26(44)14-8-23)40-33(46)28-3-1-17-38-28/h5-16,28-32,38,43-45H,1-4,17-21H2,(H,39,48)(H,40,46)(H,41,47)(H,50,51)/t28-,29-,30-,31-,32-/m0/s1. The monoisotopic (exact) mass is 701 g/mol. The molecule has 3 aromatic rings. The van der Waals surface area contributed by atoms with Crippen LogP contribution in [0.15, 0.2) is 72.8 Å². The molecule has 2 aliphatic rings. The average molecular weight is 702 g/mol. The van der Waals surface area contributed by atoms with Crippen LogP contribution in [0, 0.1) is 0 Å². The summed E-state index contributed by atoms with van der Waals surface area (Å²) in [7, 11) is 0. The van der Waals surface area contributed by atoms with E-state index < -0.39 is 53.9 Å². The number of aliphatic carboxylic acids is 1. The van der Waals surface area contributed by atoms with Gasteiger partial charge >= 0.3 is 5.97 Å². The molecule has 5 rings (SSSR count). The Morgan fingerprint density at radius 3 is 1.63 bits per heavy atom. The minimum Gasteiger partial charge on any atom is -0.508 e. The summed E-state index contributed by atoms with van der Waals surface area (Å²) in [4.78, 5) is 68.5. The van der Waals surface area contributed by atoms with Crippen molar-refractivity contribution < 1.29 is 44.4 Å². The lowest BCUT2D eigenvalue weighted by Gasteiger charge is -2.30. The Bertz CT molecular complexity index is 1690. The molecule has 2 aliphatic heterocycles. The second-order valence-corrected chi connectivity index (χ2v) is 13.0. The molecule has 3 aromatic carbocycles. The van der Waals surface area contributed by atoms with Crippen LogP contribution in [0.4, 0.5) is 0 Å². The van der Waals surface area contributed by atoms with Crippen molar-refractivity contribution in [2.24, 2.45) is 0 Å². The zero-order valence-electron chi connectivity index (χ0n) is 28.0. The van der Waals surface area contributed by atoms with Crippen molar-refractivity contribution in [3.8, 4) is 17.2 Å². The van der Waals surface area contributed by atoms with Gasteiger partial charge in [-0.25, -0.2) is 4.79 Å². The van der Waals surface area contributed by atoms with Crippen LogP contribution in [-0.2, 0) is 43.2 Å². The summed E-state index contributed by atoms with van der Waals surface area (Å²) < 4.78 is 0. The van der Waals surface area contributed by atoms with E-state index >= 15 is 0 Å². The van der Waals surface area contributed by atoms with Crippen molar-refractivity contribution in [1.82, 2.24) is 26.2 Å². The zero-order chi connectivity index (χ0) is 36.5. The van der Waals surface area contributed by atoms with Gasteiger partial charge in [0.1, 0.15) is 41.4 Å². The van der Waals surface area contributed by atoms with E-state index in [4.69, 9.17) is 0 Å². The quantitative estimate of drug-likeness (QED) is 0.120. The Morgan fingerprint density at radius 1 is 0.647 bits per heavy atom. The van der Waals surface area contributed by atoms with E-state index in [0.717, 1.165) is 6.42 Å². The van der Waals surface area contributed by atoms with Gasteiger partial charge in [-0.15, -0.1) is 0 Å². The molecule has 14 heteroatoms. The fraction of sp³-hybridized carbons (Fsp3) is 0.378. The molecule has 0 aliphatic carbocycles. The van der Waals surface area contributed by atoms with E-state index in [1.807, 2.05) is 0 Å². The van der Waals surface area contributed by atoms with E-state index in [9.17, 15) is 44.4 Å². The molecule has 0 spiro atoms. The van der Waals surface area contributed by atoms with Crippen LogP contribution >= 0.6 is 0 Å². The molecule has 2 fully saturated rings. The highest BCUT2D eigenvalue weighted by molar-refractivity contribution is 5.96. The van der Waals surface area contributed by atoms with Crippen LogP contribution in [0.2, 0.25) is 0 Å². The molecule has 51 heavy (non-hydrogen) atoms. The smallest absolute Gasteiger partial charge is 0.326 e. The van der Waals surface area contributed by atoms with Gasteiger partial charge in [0.25, 0.3) is 0 Å². The van der Waals surface area contributed by atoms with Crippen molar-refractivity contribution in [2.45, 2.75) is 75.2 Å². The maximum Gasteiger partial charge on any atom is 0.326 e. The number of rotatable bonds is 14. The van der Waals surface area contributed by atoms with Gasteiger partial charge in [0.05, 0.1) is 6.04 Å². The molecule has 2 saturated heterocycles. The van der Waals surface area contributed by atoms with Crippen molar-refractivity contribution in [3.05, 3.63) is 89.5 Å². The van der Waals surface area contributed by atoms with Gasteiger partial charge < -0.3 is 46.6 Å². The summed E-state index contributed by atoms with van der Waals surface area (Å²) in [5.74, 6) is -3.40. The Labute approximate surface area is 294 Å². The Balaban J connectivity index is 1.34. The number of benzene rings is 3. The third kappa shape index (κ3) is 9.97. The molecular weight excluding hydrogens is 658 g/mol. The molecule has 2 heterocycles. The van der Waals surface area contributed by atoms with E-state index in [2.05, 4.69) is 21.3 Å². The lowest BCUT2D eigenvalue weighted by atomic mass is 10.0. The number of carbonyl (C=O) groups is 5. The lowest BCUT2D eigenvalue weighted by molar-refractivity contribution is -0.143. The highest BCUT2D eigenvalue weighted by Gasteiger charge is 2.40. The van der Waals surface area contributed by atoms with E-state index in [1.54, 1.807) is 36.4 Å². The Morgan fingerprint density at radius 2 is 1.14 bits per heavy atom. The summed E-state index contributed by atoms with van der Waals surface area (Å²) in [6.07, 6.45) is 2.24. The van der Waals surface area contributed by atoms with Crippen molar-refractivity contribution >= 4 is 29.6 Å². The highest BCUT2D eigenvalue weighted by atomic mass is 16.4. The van der Waals surface area contributed by atoms with Crippen LogP contribution in [0.5, 0.6) is 17.2 Å². The number of phenolic OH excluding ortho intramolecular Hbond substituents is 3. The van der Waals surface area contributed by atoms with Crippen LogP contribution in [0.25, 0.3) is 0 Å². The summed E-state index contributed by atoms with van der Waals surface area (Å²) >= 11 is 0. The number of aromatic hydroxyl groups is 3. The lowest BCUT2D eigenvalue weighted by Crippen LogP contribution is -2.58. The fourth-order valence-corrected chi connectivity index (χ4v) is 6.44. The summed E-state index contributed by atoms with van der Waals surface area (Å²) in [5, 5.41) is 50.3. The molecule has 14 nitrogen and oxygen atoms in total. The first kappa shape index (κ1) is 36.6. The number of likely N-dealkylation sites (tertiary alicyclic amines) is 1. The molecule has 5 atom stereocenters. The molecule has 0 bridgehead atoms. The summed E-state index contributed by atoms with van der Waals surface area (Å²) in [5.41, 5.74) is 1.82. The zero-order valence-corrected chi connectivity index (χ0v) is 28.0. The minimum absolute atomic E-state index is 0.00129. The summed E-state index contributed by atoms with van der Waals surface area (Å²) in [6, 6.07) is 13.2. The first-order valence-corrected chi connectivity index (χ1v) is 17.0. The molecule has 4 amide bonds. The topological polar surface area (TPSA) is 218 Å². The first-order valence-electron chi connectivity index (χ1n) is 17.0. The molecule has 0 aromatic heterocycles. The maximum atomic E-state index is 14.1. The van der Waals surface area contributed by atoms with Gasteiger partial charge in [-0.05, 0) is 85.3 Å². The SMILES string of the molecule is O=C(O)[C@H](Cc1ccc(O)cc1)NC(=O)[C@H](Cc1ccc(O)cc1)NC(=O)[C@@H]1CCCN1C(=O)[C@H](Cc1ccc(O)cc1)NC(=O)[C@@H]1CCCN1. The van der Waals surface area contributed by atoms with Gasteiger partial charge in [0, 0.05) is 25.8 Å². The number of hydrogen-bond donors (Lipinski definition) is 8. The number of phenols is 3. The van der Waals surface area contributed by atoms with Crippen molar-refractivity contribution in [1.29, 1.82) is 0 Å². The first-order chi connectivity index (χ1) is 24.5. The predicted octanol–water partition coefficient (Wildman–Crippen LogP) is 1.11. The van der Waals surface area contributed by atoms with Gasteiger partial charge in [0.2, 0.25) is 23.6 Å². The van der Waals surface area contributed by atoms with E-state index in [0.29, 0.717) is 42.5 Å². The van der Waals surface area contributed by atoms with Gasteiger partial charge in [-0.2, -0.15) is 0 Å². The number of carboxylic acid groups (broad SMARTS) is 1. The normalized spacial score (nSPS) is 18.7. The second-order valence-electron chi connectivity index (χ2n) is 13.0. The molecule has 0 saturated carbocycles. The number of hydrogen-bond acceptors (Lipinski definition) is 9.